The number of hydrogen-bond donors (Lipinski definition) is 2. The van der Waals surface area contributed by atoms with Crippen LogP contribution in [0.25, 0.3) is 0 Å². The summed E-state index contributed by atoms with van der Waals surface area (Å²) in [5, 5.41) is 6.72. The van der Waals surface area contributed by atoms with Gasteiger partial charge in [-0.2, -0.15) is 0 Å². The highest BCUT2D eigenvalue weighted by Crippen LogP contribution is 2.20. The number of methoxy groups -OCH3 is 1. The molecule has 1 amide bonds. The summed E-state index contributed by atoms with van der Waals surface area (Å²) < 4.78 is 5.16. The first-order chi connectivity index (χ1) is 13.5. The van der Waals surface area contributed by atoms with Gasteiger partial charge in [0.05, 0.1) is 19.0 Å². The van der Waals surface area contributed by atoms with Gasteiger partial charge in [0.15, 0.2) is 0 Å². The summed E-state index contributed by atoms with van der Waals surface area (Å²) >= 11 is 6.09. The molecule has 2 aromatic carbocycles. The number of nitrogens with zero attached hydrogens (tertiary/aromatic N) is 1. The molecular weight excluding hydrogens is 374 g/mol. The predicted molar refractivity (Wildman–Crippen MR) is 114 cm³/mol. The van der Waals surface area contributed by atoms with Crippen LogP contribution in [0.5, 0.6) is 5.75 Å². The molecule has 0 saturated carbocycles. The summed E-state index contributed by atoms with van der Waals surface area (Å²) in [5.41, 5.74) is 4.03. The summed E-state index contributed by atoms with van der Waals surface area (Å²) in [4.78, 5) is 16.6. The number of halogens is 1. The van der Waals surface area contributed by atoms with E-state index in [-0.39, 0.29) is 5.91 Å². The smallest absolute Gasteiger partial charge is 0.274 e. The highest BCUT2D eigenvalue weighted by Gasteiger charge is 2.08. The van der Waals surface area contributed by atoms with Crippen LogP contribution in [0.3, 0.4) is 0 Å². The van der Waals surface area contributed by atoms with Gasteiger partial charge in [0.25, 0.3) is 5.91 Å². The van der Waals surface area contributed by atoms with Crippen molar-refractivity contribution in [3.05, 3.63) is 82.6 Å². The van der Waals surface area contributed by atoms with Crippen molar-refractivity contribution in [3.63, 3.8) is 0 Å². The average Bonchev–Trinajstić information content (AvgIpc) is 2.72. The van der Waals surface area contributed by atoms with Crippen LogP contribution in [-0.4, -0.2) is 24.5 Å². The van der Waals surface area contributed by atoms with Gasteiger partial charge in [-0.25, -0.2) is 4.98 Å². The van der Waals surface area contributed by atoms with Crippen molar-refractivity contribution in [2.75, 3.05) is 24.3 Å². The lowest BCUT2D eigenvalue weighted by Gasteiger charge is -2.09. The first kappa shape index (κ1) is 19.7. The number of nitrogens with one attached hydrogen (secondary N) is 2. The number of amides is 1. The number of benzene rings is 2. The zero-order valence-electron chi connectivity index (χ0n) is 15.8. The Balaban J connectivity index is 1.52. The maximum atomic E-state index is 12.3. The minimum absolute atomic E-state index is 0.273. The molecular formula is C22H22ClN3O2. The van der Waals surface area contributed by atoms with Gasteiger partial charge in [-0.15, -0.1) is 0 Å². The third-order valence-electron chi connectivity index (χ3n) is 4.33. The molecule has 0 aliphatic heterocycles. The number of anilines is 2. The van der Waals surface area contributed by atoms with E-state index in [9.17, 15) is 4.79 Å². The van der Waals surface area contributed by atoms with Crippen molar-refractivity contribution in [1.82, 2.24) is 4.98 Å². The Labute approximate surface area is 169 Å². The fourth-order valence-electron chi connectivity index (χ4n) is 2.64. The molecule has 0 radical (unpaired) electrons. The number of ether oxygens (including phenoxy) is 1. The number of hydrogen-bond acceptors (Lipinski definition) is 4. The first-order valence-corrected chi connectivity index (χ1v) is 9.33. The van der Waals surface area contributed by atoms with Gasteiger partial charge in [-0.1, -0.05) is 29.8 Å². The molecule has 0 unspecified atom stereocenters. The monoisotopic (exact) mass is 395 g/mol. The molecule has 5 nitrogen and oxygen atoms in total. The Morgan fingerprint density at radius 1 is 1.07 bits per heavy atom. The maximum Gasteiger partial charge on any atom is 0.274 e. The highest BCUT2D eigenvalue weighted by atomic mass is 35.5. The quantitative estimate of drug-likeness (QED) is 0.593. The standard InChI is InChI=1S/C22H22ClN3O2/c1-15-3-6-17(13-20(15)23)26-22(27)21-10-7-18(14-25-21)24-12-11-16-4-8-19(28-2)9-5-16/h3-10,13-14,24H,11-12H2,1-2H3,(H,26,27). The summed E-state index contributed by atoms with van der Waals surface area (Å²) in [5.74, 6) is 0.576. The lowest BCUT2D eigenvalue weighted by atomic mass is 10.1. The third-order valence-corrected chi connectivity index (χ3v) is 4.73. The molecule has 0 aliphatic rings. The minimum Gasteiger partial charge on any atom is -0.497 e. The van der Waals surface area contributed by atoms with Gasteiger partial charge < -0.3 is 15.4 Å². The number of aryl methyl sites for hydroxylation is 1. The van der Waals surface area contributed by atoms with Crippen molar-refractivity contribution < 1.29 is 9.53 Å². The molecule has 144 valence electrons. The molecule has 0 spiro atoms. The van der Waals surface area contributed by atoms with Crippen molar-refractivity contribution in [1.29, 1.82) is 0 Å². The van der Waals surface area contributed by atoms with Gasteiger partial charge in [0.2, 0.25) is 0 Å². The van der Waals surface area contributed by atoms with E-state index in [1.165, 1.54) is 5.56 Å². The van der Waals surface area contributed by atoms with E-state index in [2.05, 4.69) is 15.6 Å². The SMILES string of the molecule is COc1ccc(CCNc2ccc(C(=O)Nc3ccc(C)c(Cl)c3)nc2)cc1. The second-order valence-electron chi connectivity index (χ2n) is 6.38. The molecule has 0 saturated heterocycles. The van der Waals surface area contributed by atoms with E-state index in [1.807, 2.05) is 49.4 Å². The van der Waals surface area contributed by atoms with Crippen LogP contribution in [-0.2, 0) is 6.42 Å². The molecule has 0 bridgehead atoms. The zero-order chi connectivity index (χ0) is 19.9. The van der Waals surface area contributed by atoms with E-state index in [4.69, 9.17) is 16.3 Å². The lowest BCUT2D eigenvalue weighted by molar-refractivity contribution is 0.102. The van der Waals surface area contributed by atoms with Crippen molar-refractivity contribution >= 4 is 28.9 Å². The Bertz CT molecular complexity index is 941. The number of carbonyl (C=O) groups excluding carboxylic acids is 1. The van der Waals surface area contributed by atoms with Crippen LogP contribution in [0.15, 0.2) is 60.8 Å². The Morgan fingerprint density at radius 2 is 1.82 bits per heavy atom. The van der Waals surface area contributed by atoms with Crippen LogP contribution < -0.4 is 15.4 Å². The molecule has 3 rings (SSSR count). The van der Waals surface area contributed by atoms with Crippen molar-refractivity contribution in [3.8, 4) is 5.75 Å². The first-order valence-electron chi connectivity index (χ1n) is 8.95. The summed E-state index contributed by atoms with van der Waals surface area (Å²) in [6, 6.07) is 16.9. The Morgan fingerprint density at radius 3 is 2.46 bits per heavy atom. The topological polar surface area (TPSA) is 63.2 Å². The van der Waals surface area contributed by atoms with E-state index in [0.29, 0.717) is 16.4 Å². The highest BCUT2D eigenvalue weighted by molar-refractivity contribution is 6.31. The number of carbonyl (C=O) groups is 1. The summed E-state index contributed by atoms with van der Waals surface area (Å²) in [7, 11) is 1.66. The molecule has 28 heavy (non-hydrogen) atoms. The molecule has 6 heteroatoms. The second-order valence-corrected chi connectivity index (χ2v) is 6.78. The number of aromatic nitrogens is 1. The molecule has 2 N–H and O–H groups in total. The number of pyridine rings is 1. The van der Waals surface area contributed by atoms with Gasteiger partial charge in [0, 0.05) is 17.3 Å². The minimum atomic E-state index is -0.273. The molecule has 3 aromatic rings. The molecule has 0 aliphatic carbocycles. The van der Waals surface area contributed by atoms with Crippen LogP contribution in [0.2, 0.25) is 5.02 Å². The van der Waals surface area contributed by atoms with E-state index < -0.39 is 0 Å². The largest absolute Gasteiger partial charge is 0.497 e. The Hall–Kier alpha value is -3.05. The third kappa shape index (κ3) is 5.24. The average molecular weight is 396 g/mol. The van der Waals surface area contributed by atoms with Gasteiger partial charge >= 0.3 is 0 Å². The molecule has 0 fully saturated rings. The fraction of sp³-hybridized carbons (Fsp3) is 0.182. The van der Waals surface area contributed by atoms with Crippen molar-refractivity contribution in [2.45, 2.75) is 13.3 Å². The van der Waals surface area contributed by atoms with Crippen molar-refractivity contribution in [2.24, 2.45) is 0 Å². The lowest BCUT2D eigenvalue weighted by Crippen LogP contribution is -2.14. The normalized spacial score (nSPS) is 10.4. The predicted octanol–water partition coefficient (Wildman–Crippen LogP) is 4.96. The molecule has 0 atom stereocenters. The Kier molecular flexibility index (Phi) is 6.50. The zero-order valence-corrected chi connectivity index (χ0v) is 16.6. The van der Waals surface area contributed by atoms with Gasteiger partial charge in [-0.3, -0.25) is 4.79 Å². The maximum absolute atomic E-state index is 12.3. The van der Waals surface area contributed by atoms with Crippen LogP contribution in [0.1, 0.15) is 21.6 Å². The van der Waals surface area contributed by atoms with E-state index >= 15 is 0 Å². The molecule has 1 aromatic heterocycles. The summed E-state index contributed by atoms with van der Waals surface area (Å²) in [6.45, 7) is 2.68. The van der Waals surface area contributed by atoms with Gasteiger partial charge in [0.1, 0.15) is 11.4 Å². The van der Waals surface area contributed by atoms with Crippen LogP contribution >= 0.6 is 11.6 Å². The fourth-order valence-corrected chi connectivity index (χ4v) is 2.82. The second kappa shape index (κ2) is 9.24. The number of rotatable bonds is 7. The van der Waals surface area contributed by atoms with E-state index in [0.717, 1.165) is 30.0 Å². The van der Waals surface area contributed by atoms with Crippen LogP contribution in [0.4, 0.5) is 11.4 Å². The van der Waals surface area contributed by atoms with E-state index in [1.54, 1.807) is 25.4 Å². The van der Waals surface area contributed by atoms with Gasteiger partial charge in [-0.05, 0) is 60.9 Å². The van der Waals surface area contributed by atoms with Crippen LogP contribution in [0, 0.1) is 6.92 Å². The molecule has 1 heterocycles. The summed E-state index contributed by atoms with van der Waals surface area (Å²) in [6.07, 6.45) is 2.53.